The molecule has 27 heavy (non-hydrogen) atoms. The molecule has 0 saturated carbocycles. The van der Waals surface area contributed by atoms with Crippen molar-refractivity contribution in [1.82, 2.24) is 24.6 Å². The number of nitrogens with one attached hydrogen (secondary N) is 1. The van der Waals surface area contributed by atoms with E-state index in [2.05, 4.69) is 81.6 Å². The number of likely N-dealkylation sites (N-methyl/N-ethyl adjacent to an activating group) is 1. The van der Waals surface area contributed by atoms with Gasteiger partial charge >= 0.3 is 0 Å². The highest BCUT2D eigenvalue weighted by molar-refractivity contribution is 5.83. The van der Waals surface area contributed by atoms with Gasteiger partial charge in [0.25, 0.3) is 0 Å². The molecular weight excluding hydrogens is 334 g/mol. The van der Waals surface area contributed by atoms with E-state index < -0.39 is 0 Å². The Kier molecular flexibility index (Phi) is 5.30. The van der Waals surface area contributed by atoms with Gasteiger partial charge in [0.1, 0.15) is 12.7 Å². The highest BCUT2D eigenvalue weighted by Gasteiger charge is 2.09. The van der Waals surface area contributed by atoms with E-state index >= 15 is 0 Å². The molecule has 4 rings (SSSR count). The Bertz CT molecular complexity index is 973. The summed E-state index contributed by atoms with van der Waals surface area (Å²) in [6, 6.07) is 17.3. The van der Waals surface area contributed by atoms with Crippen molar-refractivity contribution in [1.29, 1.82) is 0 Å². The van der Waals surface area contributed by atoms with Crippen LogP contribution in [0.3, 0.4) is 0 Å². The van der Waals surface area contributed by atoms with Gasteiger partial charge in [0, 0.05) is 30.2 Å². The number of hydrogen-bond acceptors (Lipinski definition) is 3. The molecule has 2 heterocycles. The number of aromatic amines is 1. The van der Waals surface area contributed by atoms with Gasteiger partial charge in [-0.2, -0.15) is 5.10 Å². The third-order valence-electron chi connectivity index (χ3n) is 5.04. The quantitative estimate of drug-likeness (QED) is 0.519. The van der Waals surface area contributed by atoms with Gasteiger partial charge in [0.15, 0.2) is 0 Å². The van der Waals surface area contributed by atoms with Crippen molar-refractivity contribution in [2.24, 2.45) is 0 Å². The zero-order valence-corrected chi connectivity index (χ0v) is 15.7. The summed E-state index contributed by atoms with van der Waals surface area (Å²) in [5, 5.41) is 5.51. The van der Waals surface area contributed by atoms with E-state index in [1.54, 1.807) is 12.7 Å². The van der Waals surface area contributed by atoms with Gasteiger partial charge in [-0.05, 0) is 41.8 Å². The molecule has 2 aromatic carbocycles. The Balaban J connectivity index is 1.46. The molecule has 0 aliphatic rings. The number of rotatable bonds is 8. The molecule has 0 unspecified atom stereocenters. The smallest absolute Gasteiger partial charge is 0.137 e. The fourth-order valence-corrected chi connectivity index (χ4v) is 3.50. The Labute approximate surface area is 159 Å². The van der Waals surface area contributed by atoms with Crippen molar-refractivity contribution in [2.45, 2.75) is 26.4 Å². The van der Waals surface area contributed by atoms with Gasteiger partial charge in [-0.25, -0.2) is 9.67 Å². The fourth-order valence-electron chi connectivity index (χ4n) is 3.50. The summed E-state index contributed by atoms with van der Waals surface area (Å²) in [5.41, 5.74) is 5.18. The minimum absolute atomic E-state index is 0.746. The number of benzene rings is 2. The second kappa shape index (κ2) is 8.18. The molecule has 5 nitrogen and oxygen atoms in total. The van der Waals surface area contributed by atoms with Crippen molar-refractivity contribution in [2.75, 3.05) is 13.1 Å². The first kappa shape index (κ1) is 17.5. The highest BCUT2D eigenvalue weighted by atomic mass is 15.3. The lowest BCUT2D eigenvalue weighted by atomic mass is 10.1. The Hall–Kier alpha value is -2.92. The first-order valence-corrected chi connectivity index (χ1v) is 9.49. The molecule has 1 N–H and O–H groups in total. The van der Waals surface area contributed by atoms with Crippen LogP contribution in [0, 0.1) is 0 Å². The van der Waals surface area contributed by atoms with Crippen molar-refractivity contribution in [3.63, 3.8) is 0 Å². The lowest BCUT2D eigenvalue weighted by Gasteiger charge is -2.20. The van der Waals surface area contributed by atoms with Crippen LogP contribution in [0.15, 0.2) is 67.4 Å². The summed E-state index contributed by atoms with van der Waals surface area (Å²) in [7, 11) is 0. The second-order valence-corrected chi connectivity index (χ2v) is 6.89. The van der Waals surface area contributed by atoms with Gasteiger partial charge in [0.2, 0.25) is 0 Å². The molecular formula is C22H25N5. The molecule has 138 valence electrons. The number of H-pyrrole nitrogens is 1. The Morgan fingerprint density at radius 3 is 2.74 bits per heavy atom. The molecule has 0 amide bonds. The second-order valence-electron chi connectivity index (χ2n) is 6.89. The maximum atomic E-state index is 4.20. The lowest BCUT2D eigenvalue weighted by molar-refractivity contribution is 0.284. The predicted molar refractivity (Wildman–Crippen MR) is 109 cm³/mol. The van der Waals surface area contributed by atoms with Crippen molar-refractivity contribution >= 4 is 10.9 Å². The van der Waals surface area contributed by atoms with Crippen molar-refractivity contribution < 1.29 is 0 Å². The summed E-state index contributed by atoms with van der Waals surface area (Å²) in [6.45, 7) is 6.07. The molecule has 0 saturated heterocycles. The Morgan fingerprint density at radius 1 is 1.07 bits per heavy atom. The van der Waals surface area contributed by atoms with Crippen LogP contribution in [-0.4, -0.2) is 37.7 Å². The van der Waals surface area contributed by atoms with Gasteiger partial charge in [-0.1, -0.05) is 43.3 Å². The molecule has 0 aliphatic carbocycles. The number of nitrogens with zero attached hydrogens (tertiary/aromatic N) is 4. The average molecular weight is 359 g/mol. The fraction of sp³-hybridized carbons (Fsp3) is 0.273. The molecule has 5 heteroatoms. The third kappa shape index (κ3) is 4.26. The summed E-state index contributed by atoms with van der Waals surface area (Å²) < 4.78 is 1.85. The van der Waals surface area contributed by atoms with Crippen LogP contribution in [-0.2, 0) is 19.5 Å². The van der Waals surface area contributed by atoms with Gasteiger partial charge in [-0.15, -0.1) is 0 Å². The molecule has 0 spiro atoms. The van der Waals surface area contributed by atoms with E-state index in [-0.39, 0.29) is 0 Å². The molecule has 0 atom stereocenters. The van der Waals surface area contributed by atoms with Crippen LogP contribution in [0.25, 0.3) is 10.9 Å². The van der Waals surface area contributed by atoms with E-state index in [4.69, 9.17) is 0 Å². The summed E-state index contributed by atoms with van der Waals surface area (Å²) in [4.78, 5) is 9.93. The molecule has 4 aromatic rings. The van der Waals surface area contributed by atoms with Gasteiger partial charge in [0.05, 0.1) is 6.54 Å². The molecule has 2 aromatic heterocycles. The number of hydrogen-bond donors (Lipinski definition) is 1. The third-order valence-corrected chi connectivity index (χ3v) is 5.04. The molecule has 0 radical (unpaired) electrons. The summed E-state index contributed by atoms with van der Waals surface area (Å²) in [6.07, 6.45) is 6.52. The van der Waals surface area contributed by atoms with Crippen LogP contribution < -0.4 is 0 Å². The normalized spacial score (nSPS) is 11.5. The Morgan fingerprint density at radius 2 is 1.96 bits per heavy atom. The van der Waals surface area contributed by atoms with E-state index in [1.807, 2.05) is 4.68 Å². The van der Waals surface area contributed by atoms with Crippen LogP contribution in [0.5, 0.6) is 0 Å². The highest BCUT2D eigenvalue weighted by Crippen LogP contribution is 2.21. The van der Waals surface area contributed by atoms with Crippen LogP contribution >= 0.6 is 0 Å². The maximum Gasteiger partial charge on any atom is 0.137 e. The minimum atomic E-state index is 0.746. The van der Waals surface area contributed by atoms with E-state index in [0.717, 1.165) is 32.6 Å². The van der Waals surface area contributed by atoms with Crippen molar-refractivity contribution in [3.05, 3.63) is 84.1 Å². The van der Waals surface area contributed by atoms with E-state index in [9.17, 15) is 0 Å². The molecule has 0 bridgehead atoms. The average Bonchev–Trinajstić information content (AvgIpc) is 3.35. The molecule has 0 aliphatic heterocycles. The maximum absolute atomic E-state index is 4.20. The van der Waals surface area contributed by atoms with E-state index in [0.29, 0.717) is 0 Å². The number of fused-ring (bicyclic) bond motifs is 1. The number of aromatic nitrogens is 4. The standard InChI is InChI=1S/C22H25N5/c1-2-26(14-18-6-4-3-5-7-18)11-10-20-13-24-22-9-8-19(12-21(20)22)15-27-17-23-16-25-27/h3-9,12-13,16-17,24H,2,10-11,14-15H2,1H3. The largest absolute Gasteiger partial charge is 0.361 e. The summed E-state index contributed by atoms with van der Waals surface area (Å²) >= 11 is 0. The first-order valence-electron chi connectivity index (χ1n) is 9.49. The zero-order chi connectivity index (χ0) is 18.5. The SMILES string of the molecule is CCN(CCc1c[nH]c2ccc(Cn3cncn3)cc12)Cc1ccccc1. The topological polar surface area (TPSA) is 49.7 Å². The van der Waals surface area contributed by atoms with Gasteiger partial charge in [-0.3, -0.25) is 4.90 Å². The zero-order valence-electron chi connectivity index (χ0n) is 15.7. The monoisotopic (exact) mass is 359 g/mol. The van der Waals surface area contributed by atoms with Gasteiger partial charge < -0.3 is 4.98 Å². The predicted octanol–water partition coefficient (Wildman–Crippen LogP) is 3.87. The van der Waals surface area contributed by atoms with Crippen LogP contribution in [0.1, 0.15) is 23.6 Å². The summed E-state index contributed by atoms with van der Waals surface area (Å²) in [5.74, 6) is 0. The van der Waals surface area contributed by atoms with E-state index in [1.165, 1.54) is 27.6 Å². The molecule has 0 fully saturated rings. The van der Waals surface area contributed by atoms with Crippen molar-refractivity contribution in [3.8, 4) is 0 Å². The van der Waals surface area contributed by atoms with Crippen LogP contribution in [0.2, 0.25) is 0 Å². The minimum Gasteiger partial charge on any atom is -0.361 e. The lowest BCUT2D eigenvalue weighted by Crippen LogP contribution is -2.25. The first-order chi connectivity index (χ1) is 13.3. The van der Waals surface area contributed by atoms with Crippen LogP contribution in [0.4, 0.5) is 0 Å².